The third kappa shape index (κ3) is 14.2. The molecule has 0 aromatic rings. The molecule has 2 saturated heterocycles. The van der Waals surface area contributed by atoms with Gasteiger partial charge in [-0.25, -0.2) is 4.79 Å². The van der Waals surface area contributed by atoms with Gasteiger partial charge in [0.15, 0.2) is 0 Å². The number of carbonyl (C=O) groups is 1. The molecule has 0 amide bonds. The molecule has 0 bridgehead atoms. The van der Waals surface area contributed by atoms with Gasteiger partial charge in [0.05, 0.1) is 42.7 Å². The smallest absolute Gasteiger partial charge is 0.334 e. The number of carbonyl (C=O) groups excluding carboxylic acids is 1. The maximum absolute atomic E-state index is 11.7. The Morgan fingerprint density at radius 2 is 1.16 bits per heavy atom. The lowest BCUT2D eigenvalue weighted by molar-refractivity contribution is -0.139. The highest BCUT2D eigenvalue weighted by atomic mass is 16.5. The van der Waals surface area contributed by atoms with Crippen LogP contribution >= 0.6 is 0 Å². The van der Waals surface area contributed by atoms with Crippen molar-refractivity contribution in [2.75, 3.05) is 0 Å². The molecule has 8 atom stereocenters. The lowest BCUT2D eigenvalue weighted by atomic mass is 9.98. The van der Waals surface area contributed by atoms with Gasteiger partial charge in [-0.1, -0.05) is 96.8 Å². The molecule has 2 fully saturated rings. The van der Waals surface area contributed by atoms with Crippen LogP contribution in [0.4, 0.5) is 0 Å². The second-order valence-electron chi connectivity index (χ2n) is 14.0. The average Bonchev–Trinajstić information content (AvgIpc) is 3.76. The maximum Gasteiger partial charge on any atom is 0.334 e. The Balaban J connectivity index is 1.15. The molecule has 3 aliphatic rings. The Morgan fingerprint density at radius 1 is 0.659 bits per heavy atom. The molecule has 7 nitrogen and oxygen atoms in total. The zero-order chi connectivity index (χ0) is 31.6. The van der Waals surface area contributed by atoms with Gasteiger partial charge in [0.25, 0.3) is 0 Å². The summed E-state index contributed by atoms with van der Waals surface area (Å²) in [7, 11) is 0. The van der Waals surface area contributed by atoms with Crippen LogP contribution in [0.2, 0.25) is 0 Å². The Morgan fingerprint density at radius 3 is 1.75 bits per heavy atom. The molecular formula is C37H66O7. The first-order valence-electron chi connectivity index (χ1n) is 18.6. The topological polar surface area (TPSA) is 105 Å². The fourth-order valence-corrected chi connectivity index (χ4v) is 7.26. The van der Waals surface area contributed by atoms with Crippen LogP contribution in [0, 0.1) is 0 Å². The number of hydrogen-bond donors (Lipinski definition) is 3. The summed E-state index contributed by atoms with van der Waals surface area (Å²) in [5.41, 5.74) is 0.852. The SMILES string of the molecule is CCCCCCCCCC[C@H](O)[C@H]1CC[C@H]([C@H](O)CC[C@@H](O)[C@H]2CC[C@@H](CCCCCCCCCC3=CC(C)OC3=O)O2)O1. The molecule has 256 valence electrons. The standard InChI is InChI=1S/C37H66O7/c1-3-4-5-6-7-11-14-17-20-31(38)35-25-26-36(44-35)33(40)23-22-32(39)34-24-21-30(43-34)19-16-13-10-8-9-12-15-18-29-27-28(2)42-37(29)41/h27-28,30-36,38-40H,3-26H2,1-2H3/t28?,30-,31+,32-,33-,34-,35-,36-/m1/s1. The van der Waals surface area contributed by atoms with E-state index >= 15 is 0 Å². The molecule has 3 rings (SSSR count). The fraction of sp³-hybridized carbons (Fsp3) is 0.919. The normalized spacial score (nSPS) is 27.4. The minimum absolute atomic E-state index is 0.0617. The van der Waals surface area contributed by atoms with Crippen molar-refractivity contribution in [1.29, 1.82) is 0 Å². The summed E-state index contributed by atoms with van der Waals surface area (Å²) in [4.78, 5) is 11.7. The summed E-state index contributed by atoms with van der Waals surface area (Å²) >= 11 is 0. The van der Waals surface area contributed by atoms with Gasteiger partial charge in [0.2, 0.25) is 0 Å². The van der Waals surface area contributed by atoms with Crippen LogP contribution < -0.4 is 0 Å². The molecular weight excluding hydrogens is 556 g/mol. The van der Waals surface area contributed by atoms with E-state index in [0.29, 0.717) is 12.8 Å². The summed E-state index contributed by atoms with van der Waals surface area (Å²) in [6, 6.07) is 0. The van der Waals surface area contributed by atoms with Crippen molar-refractivity contribution in [3.8, 4) is 0 Å². The van der Waals surface area contributed by atoms with Crippen LogP contribution in [0.3, 0.4) is 0 Å². The van der Waals surface area contributed by atoms with Crippen LogP contribution in [-0.2, 0) is 19.0 Å². The summed E-state index contributed by atoms with van der Waals surface area (Å²) in [6.45, 7) is 4.15. The number of hydrogen-bond acceptors (Lipinski definition) is 7. The number of unbranched alkanes of at least 4 members (excludes halogenated alkanes) is 13. The van der Waals surface area contributed by atoms with E-state index in [4.69, 9.17) is 14.2 Å². The van der Waals surface area contributed by atoms with Crippen molar-refractivity contribution in [3.05, 3.63) is 11.6 Å². The van der Waals surface area contributed by atoms with Gasteiger partial charge in [-0.15, -0.1) is 0 Å². The van der Waals surface area contributed by atoms with Gasteiger partial charge >= 0.3 is 5.97 Å². The van der Waals surface area contributed by atoms with Crippen LogP contribution in [0.25, 0.3) is 0 Å². The third-order valence-electron chi connectivity index (χ3n) is 10.1. The minimum atomic E-state index is -0.609. The van der Waals surface area contributed by atoms with E-state index in [2.05, 4.69) is 6.92 Å². The molecule has 0 aromatic heterocycles. The summed E-state index contributed by atoms with van der Waals surface area (Å²) in [5, 5.41) is 32.1. The molecule has 3 N–H and O–H groups in total. The molecule has 0 spiro atoms. The number of esters is 1. The molecule has 0 aliphatic carbocycles. The number of aliphatic hydroxyl groups excluding tert-OH is 3. The van der Waals surface area contributed by atoms with Crippen molar-refractivity contribution in [2.24, 2.45) is 0 Å². The van der Waals surface area contributed by atoms with Gasteiger partial charge in [0, 0.05) is 5.57 Å². The monoisotopic (exact) mass is 622 g/mol. The van der Waals surface area contributed by atoms with E-state index in [1.54, 1.807) is 0 Å². The van der Waals surface area contributed by atoms with Crippen LogP contribution in [0.15, 0.2) is 11.6 Å². The Labute approximate surface area is 268 Å². The minimum Gasteiger partial charge on any atom is -0.455 e. The zero-order valence-electron chi connectivity index (χ0n) is 28.1. The van der Waals surface area contributed by atoms with E-state index in [1.165, 1.54) is 70.6 Å². The van der Waals surface area contributed by atoms with Crippen molar-refractivity contribution in [2.45, 2.75) is 217 Å². The quantitative estimate of drug-likeness (QED) is 0.0703. The molecule has 7 heteroatoms. The molecule has 1 unspecified atom stereocenters. The maximum atomic E-state index is 11.7. The third-order valence-corrected chi connectivity index (χ3v) is 10.1. The Bertz CT molecular complexity index is 801. The lowest BCUT2D eigenvalue weighted by Gasteiger charge is -2.24. The van der Waals surface area contributed by atoms with Gasteiger partial charge in [-0.3, -0.25) is 0 Å². The Kier molecular flexibility index (Phi) is 18.5. The number of cyclic esters (lactones) is 1. The molecule has 0 saturated carbocycles. The first kappa shape index (κ1) is 37.5. The van der Waals surface area contributed by atoms with Crippen molar-refractivity contribution in [1.82, 2.24) is 0 Å². The van der Waals surface area contributed by atoms with E-state index in [-0.39, 0.29) is 36.5 Å². The largest absolute Gasteiger partial charge is 0.455 e. The highest BCUT2D eigenvalue weighted by Gasteiger charge is 2.36. The van der Waals surface area contributed by atoms with Gasteiger partial charge in [0.1, 0.15) is 6.10 Å². The summed E-state index contributed by atoms with van der Waals surface area (Å²) < 4.78 is 17.4. The predicted molar refractivity (Wildman–Crippen MR) is 175 cm³/mol. The van der Waals surface area contributed by atoms with Gasteiger partial charge < -0.3 is 29.5 Å². The van der Waals surface area contributed by atoms with Gasteiger partial charge in [-0.05, 0) is 77.2 Å². The highest BCUT2D eigenvalue weighted by Crippen LogP contribution is 2.31. The highest BCUT2D eigenvalue weighted by molar-refractivity contribution is 5.90. The second kappa shape index (κ2) is 21.7. The number of rotatable bonds is 25. The second-order valence-corrected chi connectivity index (χ2v) is 14.0. The van der Waals surface area contributed by atoms with Crippen LogP contribution in [0.5, 0.6) is 0 Å². The molecule has 0 radical (unpaired) electrons. The van der Waals surface area contributed by atoms with Crippen molar-refractivity contribution >= 4 is 5.97 Å². The van der Waals surface area contributed by atoms with E-state index in [9.17, 15) is 20.1 Å². The fourth-order valence-electron chi connectivity index (χ4n) is 7.26. The first-order valence-corrected chi connectivity index (χ1v) is 18.6. The predicted octanol–water partition coefficient (Wildman–Crippen LogP) is 7.86. The van der Waals surface area contributed by atoms with Crippen molar-refractivity contribution in [3.63, 3.8) is 0 Å². The van der Waals surface area contributed by atoms with E-state index in [0.717, 1.165) is 76.2 Å². The van der Waals surface area contributed by atoms with Crippen molar-refractivity contribution < 1.29 is 34.3 Å². The van der Waals surface area contributed by atoms with Gasteiger partial charge in [-0.2, -0.15) is 0 Å². The van der Waals surface area contributed by atoms with Crippen LogP contribution in [-0.4, -0.2) is 70.1 Å². The van der Waals surface area contributed by atoms with E-state index in [1.807, 2.05) is 13.0 Å². The number of ether oxygens (including phenoxy) is 3. The summed E-state index contributed by atoms with van der Waals surface area (Å²) in [5.74, 6) is -0.133. The molecule has 0 aromatic carbocycles. The Hall–Kier alpha value is -0.990. The molecule has 3 aliphatic heterocycles. The van der Waals surface area contributed by atoms with Crippen LogP contribution in [0.1, 0.15) is 168 Å². The molecule has 3 heterocycles. The molecule has 44 heavy (non-hydrogen) atoms. The average molecular weight is 623 g/mol. The summed E-state index contributed by atoms with van der Waals surface area (Å²) in [6.07, 6.45) is 25.4. The van der Waals surface area contributed by atoms with E-state index < -0.39 is 18.3 Å². The lowest BCUT2D eigenvalue weighted by Crippen LogP contribution is -2.33. The number of aliphatic hydroxyl groups is 3. The zero-order valence-corrected chi connectivity index (χ0v) is 28.1. The first-order chi connectivity index (χ1) is 21.4.